The Kier molecular flexibility index (Phi) is 5.58. The van der Waals surface area contributed by atoms with E-state index in [1.807, 2.05) is 18.2 Å². The smallest absolute Gasteiger partial charge is 0.228 e. The fourth-order valence-electron chi connectivity index (χ4n) is 3.31. The molecule has 3 rings (SSSR count). The van der Waals surface area contributed by atoms with Crippen molar-refractivity contribution in [3.63, 3.8) is 0 Å². The first-order valence-electron chi connectivity index (χ1n) is 8.60. The van der Waals surface area contributed by atoms with Crippen molar-refractivity contribution in [1.29, 1.82) is 0 Å². The van der Waals surface area contributed by atoms with Crippen LogP contribution in [0.1, 0.15) is 24.8 Å². The van der Waals surface area contributed by atoms with Gasteiger partial charge in [-0.1, -0.05) is 6.07 Å². The first-order chi connectivity index (χ1) is 11.7. The van der Waals surface area contributed by atoms with Gasteiger partial charge in [0.15, 0.2) is 11.5 Å². The molecule has 0 atom stereocenters. The molecule has 0 bridgehead atoms. The Hall–Kier alpha value is -1.79. The van der Waals surface area contributed by atoms with Gasteiger partial charge in [-0.3, -0.25) is 4.79 Å². The van der Waals surface area contributed by atoms with Crippen LogP contribution in [-0.4, -0.2) is 45.9 Å². The highest BCUT2D eigenvalue weighted by molar-refractivity contribution is 5.83. The zero-order valence-corrected chi connectivity index (χ0v) is 14.2. The van der Waals surface area contributed by atoms with Crippen molar-refractivity contribution in [3.8, 4) is 11.5 Å². The summed E-state index contributed by atoms with van der Waals surface area (Å²) in [6, 6.07) is 5.84. The monoisotopic (exact) mass is 334 g/mol. The number of methoxy groups -OCH3 is 1. The number of hydrogen-bond donors (Lipinski definition) is 2. The second-order valence-corrected chi connectivity index (χ2v) is 6.48. The Morgan fingerprint density at radius 2 is 2.00 bits per heavy atom. The number of rotatable bonds is 5. The molecule has 0 spiro atoms. The van der Waals surface area contributed by atoms with E-state index in [0.29, 0.717) is 26.4 Å². The molecule has 0 aromatic heterocycles. The van der Waals surface area contributed by atoms with Crippen LogP contribution in [0.25, 0.3) is 0 Å². The molecule has 6 nitrogen and oxygen atoms in total. The standard InChI is InChI=1S/C18H26N2O4/c1-22-13-18(5-7-19-8-6-18)17(21)20-12-14-3-4-15-16(11-14)24-10-2-9-23-15/h3-4,11,19H,2,5-10,12-13H2,1H3,(H,20,21). The molecule has 2 heterocycles. The largest absolute Gasteiger partial charge is 0.490 e. The maximum atomic E-state index is 12.8. The normalized spacial score (nSPS) is 19.4. The van der Waals surface area contributed by atoms with Gasteiger partial charge in [0.1, 0.15) is 0 Å². The van der Waals surface area contributed by atoms with Crippen molar-refractivity contribution in [2.45, 2.75) is 25.8 Å². The summed E-state index contributed by atoms with van der Waals surface area (Å²) in [4.78, 5) is 12.8. The Balaban J connectivity index is 1.64. The van der Waals surface area contributed by atoms with E-state index in [1.165, 1.54) is 0 Å². The molecule has 0 radical (unpaired) electrons. The van der Waals surface area contributed by atoms with Crippen LogP contribution in [0.15, 0.2) is 18.2 Å². The van der Waals surface area contributed by atoms with Gasteiger partial charge in [-0.25, -0.2) is 0 Å². The Labute approximate surface area is 142 Å². The van der Waals surface area contributed by atoms with Crippen molar-refractivity contribution < 1.29 is 19.0 Å². The van der Waals surface area contributed by atoms with Gasteiger partial charge < -0.3 is 24.8 Å². The molecule has 2 aliphatic heterocycles. The Morgan fingerprint density at radius 3 is 2.75 bits per heavy atom. The number of carbonyl (C=O) groups is 1. The van der Waals surface area contributed by atoms with Crippen LogP contribution in [0, 0.1) is 5.41 Å². The zero-order chi connectivity index (χ0) is 16.8. The molecular weight excluding hydrogens is 308 g/mol. The molecule has 1 aromatic carbocycles. The van der Waals surface area contributed by atoms with E-state index in [-0.39, 0.29) is 5.91 Å². The molecule has 0 saturated carbocycles. The second-order valence-electron chi connectivity index (χ2n) is 6.48. The lowest BCUT2D eigenvalue weighted by atomic mass is 9.78. The molecule has 1 fully saturated rings. The van der Waals surface area contributed by atoms with Gasteiger partial charge in [-0.15, -0.1) is 0 Å². The summed E-state index contributed by atoms with van der Waals surface area (Å²) in [5, 5.41) is 6.37. The summed E-state index contributed by atoms with van der Waals surface area (Å²) >= 11 is 0. The van der Waals surface area contributed by atoms with E-state index in [0.717, 1.165) is 49.4 Å². The van der Waals surface area contributed by atoms with E-state index in [9.17, 15) is 4.79 Å². The summed E-state index contributed by atoms with van der Waals surface area (Å²) in [5.41, 5.74) is 0.583. The number of carbonyl (C=O) groups excluding carboxylic acids is 1. The maximum absolute atomic E-state index is 12.8. The average Bonchev–Trinajstić information content (AvgIpc) is 2.85. The summed E-state index contributed by atoms with van der Waals surface area (Å²) in [6.45, 7) is 3.97. The van der Waals surface area contributed by atoms with Gasteiger partial charge >= 0.3 is 0 Å². The number of ether oxygens (including phenoxy) is 3. The lowest BCUT2D eigenvalue weighted by molar-refractivity contribution is -0.136. The zero-order valence-electron chi connectivity index (χ0n) is 14.2. The molecular formula is C18H26N2O4. The summed E-state index contributed by atoms with van der Waals surface area (Å²) in [5.74, 6) is 1.60. The minimum absolute atomic E-state index is 0.0676. The lowest BCUT2D eigenvalue weighted by Gasteiger charge is -2.35. The van der Waals surface area contributed by atoms with E-state index < -0.39 is 5.41 Å². The van der Waals surface area contributed by atoms with Gasteiger partial charge in [0.25, 0.3) is 0 Å². The van der Waals surface area contributed by atoms with Gasteiger partial charge in [-0.2, -0.15) is 0 Å². The Bertz CT molecular complexity index is 565. The van der Waals surface area contributed by atoms with Crippen molar-refractivity contribution in [1.82, 2.24) is 10.6 Å². The fourth-order valence-corrected chi connectivity index (χ4v) is 3.31. The number of hydrogen-bond acceptors (Lipinski definition) is 5. The highest BCUT2D eigenvalue weighted by atomic mass is 16.5. The molecule has 132 valence electrons. The fraction of sp³-hybridized carbons (Fsp3) is 0.611. The number of nitrogens with one attached hydrogen (secondary N) is 2. The molecule has 1 saturated heterocycles. The molecule has 0 unspecified atom stereocenters. The molecule has 1 aromatic rings. The molecule has 2 N–H and O–H groups in total. The van der Waals surface area contributed by atoms with E-state index >= 15 is 0 Å². The molecule has 2 aliphatic rings. The highest BCUT2D eigenvalue weighted by Crippen LogP contribution is 2.31. The molecule has 24 heavy (non-hydrogen) atoms. The second kappa shape index (κ2) is 7.85. The van der Waals surface area contributed by atoms with Crippen LogP contribution in [0.5, 0.6) is 11.5 Å². The van der Waals surface area contributed by atoms with Crippen LogP contribution < -0.4 is 20.1 Å². The first-order valence-corrected chi connectivity index (χ1v) is 8.60. The van der Waals surface area contributed by atoms with Crippen molar-refractivity contribution >= 4 is 5.91 Å². The van der Waals surface area contributed by atoms with Gasteiger partial charge in [-0.05, 0) is 43.6 Å². The van der Waals surface area contributed by atoms with Crippen LogP contribution in [0.2, 0.25) is 0 Å². The van der Waals surface area contributed by atoms with Crippen molar-refractivity contribution in [2.24, 2.45) is 5.41 Å². The topological polar surface area (TPSA) is 68.8 Å². The third-order valence-corrected chi connectivity index (χ3v) is 4.73. The van der Waals surface area contributed by atoms with Crippen LogP contribution in [0.3, 0.4) is 0 Å². The van der Waals surface area contributed by atoms with Gasteiger partial charge in [0, 0.05) is 20.1 Å². The number of benzene rings is 1. The number of piperidine rings is 1. The van der Waals surface area contributed by atoms with Crippen molar-refractivity contribution in [2.75, 3.05) is 40.0 Å². The third-order valence-electron chi connectivity index (χ3n) is 4.73. The molecule has 1 amide bonds. The summed E-state index contributed by atoms with van der Waals surface area (Å²) in [7, 11) is 1.65. The van der Waals surface area contributed by atoms with Crippen molar-refractivity contribution in [3.05, 3.63) is 23.8 Å². The minimum Gasteiger partial charge on any atom is -0.490 e. The Morgan fingerprint density at radius 1 is 1.25 bits per heavy atom. The summed E-state index contributed by atoms with van der Waals surface area (Å²) < 4.78 is 16.7. The van der Waals surface area contributed by atoms with E-state index in [2.05, 4.69) is 10.6 Å². The quantitative estimate of drug-likeness (QED) is 0.854. The predicted molar refractivity (Wildman–Crippen MR) is 90.3 cm³/mol. The lowest BCUT2D eigenvalue weighted by Crippen LogP contribution is -2.49. The number of fused-ring (bicyclic) bond motifs is 1. The minimum atomic E-state index is -0.425. The van der Waals surface area contributed by atoms with Crippen LogP contribution in [0.4, 0.5) is 0 Å². The molecule has 0 aliphatic carbocycles. The molecule has 6 heteroatoms. The van der Waals surface area contributed by atoms with Gasteiger partial charge in [0.05, 0.1) is 25.2 Å². The van der Waals surface area contributed by atoms with Gasteiger partial charge in [0.2, 0.25) is 5.91 Å². The summed E-state index contributed by atoms with van der Waals surface area (Å²) in [6.07, 6.45) is 2.48. The third kappa shape index (κ3) is 3.82. The SMILES string of the molecule is COCC1(C(=O)NCc2ccc3c(c2)OCCCO3)CCNCC1. The van der Waals surface area contributed by atoms with Crippen LogP contribution in [-0.2, 0) is 16.1 Å². The maximum Gasteiger partial charge on any atom is 0.228 e. The first kappa shape index (κ1) is 17.0. The average molecular weight is 334 g/mol. The highest BCUT2D eigenvalue weighted by Gasteiger charge is 2.39. The van der Waals surface area contributed by atoms with E-state index in [4.69, 9.17) is 14.2 Å². The van der Waals surface area contributed by atoms with Crippen LogP contribution >= 0.6 is 0 Å². The predicted octanol–water partition coefficient (Wildman–Crippen LogP) is 1.48. The van der Waals surface area contributed by atoms with E-state index in [1.54, 1.807) is 7.11 Å². The number of amides is 1.